The number of hydrogen-bond acceptors (Lipinski definition) is 4. The number of para-hydroxylation sites is 6. The summed E-state index contributed by atoms with van der Waals surface area (Å²) >= 11 is 0. The molecule has 0 saturated heterocycles. The maximum absolute atomic E-state index is 5.25. The summed E-state index contributed by atoms with van der Waals surface area (Å²) in [4.78, 5) is 15.1. The van der Waals surface area contributed by atoms with Crippen molar-refractivity contribution < 1.29 is 0 Å². The van der Waals surface area contributed by atoms with Crippen LogP contribution in [0.4, 0.5) is 34.1 Å². The van der Waals surface area contributed by atoms with Crippen LogP contribution in [0.1, 0.15) is 0 Å². The Labute approximate surface area is 390 Å². The molecule has 0 fully saturated rings. The summed E-state index contributed by atoms with van der Waals surface area (Å²) in [5.41, 5.74) is 13.3. The molecule has 0 unspecified atom stereocenters. The van der Waals surface area contributed by atoms with Crippen molar-refractivity contribution in [2.45, 2.75) is 13.1 Å². The van der Waals surface area contributed by atoms with Gasteiger partial charge in [-0.2, -0.15) is 0 Å². The molecule has 67 heavy (non-hydrogen) atoms. The number of nitrogens with zero attached hydrogens (tertiary/aromatic N) is 6. The van der Waals surface area contributed by atoms with E-state index >= 15 is 0 Å². The van der Waals surface area contributed by atoms with Crippen LogP contribution in [0.5, 0.6) is 0 Å². The molecule has 7 heteroatoms. The first-order valence-electron chi connectivity index (χ1n) is 22.8. The second-order valence-electron chi connectivity index (χ2n) is 17.5. The molecule has 12 aromatic rings. The standard InChI is InChI=1S/C60H46N6Si/c1-67(2,59-37-33-49(41-61-59)63(43-19-7-3-8-20-43)47-31-35-57-53(39-47)51-27-15-17-29-55(51)65(57)45-23-11-5-12-24-45)60-38-34-50(42-62-60)64(44-21-9-4-10-22-44)48-32-36-58-54(40-48)52-28-16-18-30-56(52)66(58)46-25-13-6-14-26-46/h3-42H,1-2H3. The van der Waals surface area contributed by atoms with Crippen molar-refractivity contribution in [1.29, 1.82) is 0 Å². The zero-order valence-electron chi connectivity index (χ0n) is 37.3. The summed E-state index contributed by atoms with van der Waals surface area (Å²) in [5.74, 6) is 0. The average Bonchev–Trinajstić information content (AvgIpc) is 3.90. The van der Waals surface area contributed by atoms with Crippen molar-refractivity contribution >= 4 is 96.4 Å². The predicted octanol–water partition coefficient (Wildman–Crippen LogP) is 14.4. The van der Waals surface area contributed by atoms with Gasteiger partial charge in [0.2, 0.25) is 0 Å². The Hall–Kier alpha value is -8.52. The number of rotatable bonds is 10. The molecule has 0 aliphatic heterocycles. The van der Waals surface area contributed by atoms with Gasteiger partial charge in [-0.3, -0.25) is 9.97 Å². The molecule has 320 valence electrons. The topological polar surface area (TPSA) is 42.1 Å². The highest BCUT2D eigenvalue weighted by Gasteiger charge is 2.30. The summed E-state index contributed by atoms with van der Waals surface area (Å²) in [6.07, 6.45) is 4.07. The van der Waals surface area contributed by atoms with Crippen LogP contribution in [0.3, 0.4) is 0 Å². The van der Waals surface area contributed by atoms with E-state index in [0.717, 1.165) is 56.1 Å². The van der Waals surface area contributed by atoms with Crippen LogP contribution < -0.4 is 20.4 Å². The quantitative estimate of drug-likeness (QED) is 0.128. The molecule has 12 rings (SSSR count). The summed E-state index contributed by atoms with van der Waals surface area (Å²) < 4.78 is 4.71. The van der Waals surface area contributed by atoms with E-state index in [1.807, 2.05) is 12.4 Å². The lowest BCUT2D eigenvalue weighted by molar-refractivity contribution is 1.18. The third kappa shape index (κ3) is 6.96. The van der Waals surface area contributed by atoms with Crippen molar-refractivity contribution in [2.75, 3.05) is 9.80 Å². The van der Waals surface area contributed by atoms with Crippen LogP contribution in [0.15, 0.2) is 243 Å². The molecule has 0 amide bonds. The monoisotopic (exact) mass is 878 g/mol. The number of benzene rings is 8. The Balaban J connectivity index is 0.889. The fourth-order valence-corrected chi connectivity index (χ4v) is 11.9. The van der Waals surface area contributed by atoms with Crippen molar-refractivity contribution in [3.05, 3.63) is 243 Å². The second-order valence-corrected chi connectivity index (χ2v) is 21.8. The summed E-state index contributed by atoms with van der Waals surface area (Å²) in [6.45, 7) is 4.68. The summed E-state index contributed by atoms with van der Waals surface area (Å²) in [7, 11) is -2.35. The number of pyridine rings is 2. The van der Waals surface area contributed by atoms with Gasteiger partial charge >= 0.3 is 0 Å². The van der Waals surface area contributed by atoms with Gasteiger partial charge in [-0.1, -0.05) is 122 Å². The molecule has 0 radical (unpaired) electrons. The lowest BCUT2D eigenvalue weighted by atomic mass is 10.1. The number of aromatic nitrogens is 4. The Bertz CT molecular complexity index is 3450. The van der Waals surface area contributed by atoms with Crippen LogP contribution in [0, 0.1) is 0 Å². The molecular formula is C60H46N6Si. The normalized spacial score (nSPS) is 11.7. The van der Waals surface area contributed by atoms with Crippen LogP contribution >= 0.6 is 0 Å². The Morgan fingerprint density at radius 1 is 0.313 bits per heavy atom. The molecule has 0 saturated carbocycles. The van der Waals surface area contributed by atoms with Crippen molar-refractivity contribution in [2.24, 2.45) is 0 Å². The lowest BCUT2D eigenvalue weighted by Gasteiger charge is -2.28. The zero-order valence-corrected chi connectivity index (χ0v) is 38.3. The molecule has 4 heterocycles. The first-order chi connectivity index (χ1) is 33.0. The molecular weight excluding hydrogens is 833 g/mol. The average molecular weight is 879 g/mol. The zero-order chi connectivity index (χ0) is 44.9. The van der Waals surface area contributed by atoms with Gasteiger partial charge in [0.25, 0.3) is 0 Å². The number of fused-ring (bicyclic) bond motifs is 6. The first-order valence-corrected chi connectivity index (χ1v) is 25.8. The van der Waals surface area contributed by atoms with E-state index in [1.165, 1.54) is 43.6 Å². The maximum Gasteiger partial charge on any atom is 0.158 e. The van der Waals surface area contributed by atoms with Gasteiger partial charge in [-0.25, -0.2) is 0 Å². The van der Waals surface area contributed by atoms with Gasteiger partial charge in [0.15, 0.2) is 8.07 Å². The Morgan fingerprint density at radius 2 is 0.657 bits per heavy atom. The third-order valence-electron chi connectivity index (χ3n) is 13.2. The fraction of sp³-hybridized carbons (Fsp3) is 0.0333. The third-order valence-corrected chi connectivity index (χ3v) is 16.3. The van der Waals surface area contributed by atoms with Crippen LogP contribution in [-0.2, 0) is 0 Å². The molecule has 0 spiro atoms. The fourth-order valence-electron chi connectivity index (χ4n) is 9.87. The van der Waals surface area contributed by atoms with Crippen molar-refractivity contribution in [3.63, 3.8) is 0 Å². The first kappa shape index (κ1) is 40.0. The van der Waals surface area contributed by atoms with Gasteiger partial charge in [-0.05, 0) is 121 Å². The molecule has 4 aromatic heterocycles. The maximum atomic E-state index is 5.25. The van der Waals surface area contributed by atoms with Gasteiger partial charge < -0.3 is 18.9 Å². The van der Waals surface area contributed by atoms with Gasteiger partial charge in [0, 0.05) is 66.3 Å². The highest BCUT2D eigenvalue weighted by Crippen LogP contribution is 2.41. The molecule has 0 atom stereocenters. The largest absolute Gasteiger partial charge is 0.309 e. The van der Waals surface area contributed by atoms with Crippen LogP contribution in [-0.4, -0.2) is 27.2 Å². The minimum Gasteiger partial charge on any atom is -0.309 e. The van der Waals surface area contributed by atoms with Crippen molar-refractivity contribution in [3.8, 4) is 11.4 Å². The molecule has 0 aliphatic rings. The van der Waals surface area contributed by atoms with E-state index in [4.69, 9.17) is 9.97 Å². The summed E-state index contributed by atoms with van der Waals surface area (Å²) in [5, 5.41) is 6.99. The smallest absolute Gasteiger partial charge is 0.158 e. The van der Waals surface area contributed by atoms with E-state index < -0.39 is 8.07 Å². The minimum atomic E-state index is -2.35. The van der Waals surface area contributed by atoms with Gasteiger partial charge in [0.1, 0.15) is 0 Å². The Kier molecular flexibility index (Phi) is 9.84. The molecule has 0 bridgehead atoms. The SMILES string of the molecule is C[Si](C)(c1ccc(N(c2ccccc2)c2ccc3c(c2)c2ccccc2n3-c2ccccc2)cn1)c1ccc(N(c2ccccc2)c2ccc3c(c2)c2ccccc2n3-c2ccccc2)cn1. The highest BCUT2D eigenvalue weighted by molar-refractivity contribution is 6.99. The van der Waals surface area contributed by atoms with E-state index in [0.29, 0.717) is 0 Å². The predicted molar refractivity (Wildman–Crippen MR) is 283 cm³/mol. The van der Waals surface area contributed by atoms with E-state index in [1.54, 1.807) is 0 Å². The van der Waals surface area contributed by atoms with E-state index in [-0.39, 0.29) is 0 Å². The summed E-state index contributed by atoms with van der Waals surface area (Å²) in [6, 6.07) is 82.2. The van der Waals surface area contributed by atoms with E-state index in [9.17, 15) is 0 Å². The molecule has 6 nitrogen and oxygen atoms in total. The lowest BCUT2D eigenvalue weighted by Crippen LogP contribution is -2.55. The van der Waals surface area contributed by atoms with Crippen LogP contribution in [0.25, 0.3) is 55.0 Å². The Morgan fingerprint density at radius 3 is 1.04 bits per heavy atom. The second kappa shape index (κ2) is 16.5. The number of anilines is 6. The number of hydrogen-bond donors (Lipinski definition) is 0. The minimum absolute atomic E-state index is 0.997. The van der Waals surface area contributed by atoms with E-state index in [2.05, 4.69) is 263 Å². The highest BCUT2D eigenvalue weighted by atomic mass is 28.3. The van der Waals surface area contributed by atoms with Gasteiger partial charge in [-0.15, -0.1) is 0 Å². The van der Waals surface area contributed by atoms with Crippen molar-refractivity contribution in [1.82, 2.24) is 19.1 Å². The molecule has 8 aromatic carbocycles. The van der Waals surface area contributed by atoms with Gasteiger partial charge in [0.05, 0.1) is 45.8 Å². The molecule has 0 N–H and O–H groups in total. The molecule has 0 aliphatic carbocycles. The van der Waals surface area contributed by atoms with Crippen LogP contribution in [0.2, 0.25) is 13.1 Å².